The largest absolute Gasteiger partial charge is 0.516 e. The van der Waals surface area contributed by atoms with Gasteiger partial charge in [0.05, 0.1) is 8.85 Å². The van der Waals surface area contributed by atoms with E-state index in [1.165, 1.54) is 24.3 Å². The number of nitro benzene ring substituents is 1. The summed E-state index contributed by atoms with van der Waals surface area (Å²) in [7, 11) is 0. The lowest BCUT2D eigenvalue weighted by Gasteiger charge is -2.23. The van der Waals surface area contributed by atoms with Crippen molar-refractivity contribution in [1.29, 1.82) is 0 Å². The van der Waals surface area contributed by atoms with E-state index in [1.54, 1.807) is 0 Å². The average molecular weight is 436 g/mol. The van der Waals surface area contributed by atoms with Crippen LogP contribution in [0.4, 0.5) is 10.5 Å². The predicted octanol–water partition coefficient (Wildman–Crippen LogP) is 1.26. The number of rotatable bonds is 4. The van der Waals surface area contributed by atoms with Crippen LogP contribution in [0, 0.1) is 10.1 Å². The number of hydrogen-bond acceptors (Lipinski definition) is 8. The fraction of sp³-hybridized carbons (Fsp3) is 0.385. The molecule has 0 aromatic heterocycles. The zero-order valence-electron chi connectivity index (χ0n) is 11.7. The van der Waals surface area contributed by atoms with Crippen molar-refractivity contribution in [3.63, 3.8) is 0 Å². The van der Waals surface area contributed by atoms with Gasteiger partial charge in [0.15, 0.2) is 0 Å². The average Bonchev–Trinajstić information content (AvgIpc) is 2.86. The number of ether oxygens (including phenoxy) is 2. The van der Waals surface area contributed by atoms with Gasteiger partial charge in [0, 0.05) is 12.1 Å². The summed E-state index contributed by atoms with van der Waals surface area (Å²) in [5.74, 6) is -1.12. The summed E-state index contributed by atoms with van der Waals surface area (Å²) in [6, 6.07) is 5.36. The Morgan fingerprint density at radius 3 is 2.61 bits per heavy atom. The number of nitro groups is 1. The Bertz CT molecular complexity index is 621. The van der Waals surface area contributed by atoms with Gasteiger partial charge in [-0.15, -0.1) is 0 Å². The summed E-state index contributed by atoms with van der Waals surface area (Å²) in [4.78, 5) is 33.3. The first-order valence-electron chi connectivity index (χ1n) is 6.57. The van der Waals surface area contributed by atoms with E-state index in [2.05, 4.69) is 10.1 Å². The Kier molecular flexibility index (Phi) is 5.49. The fourth-order valence-electron chi connectivity index (χ4n) is 1.95. The summed E-state index contributed by atoms with van der Waals surface area (Å²) >= 11 is 1.89. The van der Waals surface area contributed by atoms with Crippen molar-refractivity contribution in [1.82, 2.24) is 5.32 Å². The SMILES string of the molecule is O=C(OCc1ccc([N+](=O)[O-])cc1)OC(=O)[C@@]1(O)NCCC1I. The number of nitrogens with one attached hydrogen (secondary N) is 1. The minimum absolute atomic E-state index is 0.0888. The molecule has 9 nitrogen and oxygen atoms in total. The summed E-state index contributed by atoms with van der Waals surface area (Å²) in [5, 5.41) is 23.2. The molecule has 1 saturated heterocycles. The monoisotopic (exact) mass is 436 g/mol. The molecule has 2 atom stereocenters. The molecular formula is C13H13IN2O7. The Hall–Kier alpha value is -1.79. The third-order valence-corrected chi connectivity index (χ3v) is 4.76. The van der Waals surface area contributed by atoms with Gasteiger partial charge in [-0.1, -0.05) is 22.6 Å². The molecule has 1 aliphatic heterocycles. The molecule has 0 saturated carbocycles. The van der Waals surface area contributed by atoms with E-state index in [0.29, 0.717) is 18.5 Å². The number of benzene rings is 1. The maximum Gasteiger partial charge on any atom is 0.516 e. The lowest BCUT2D eigenvalue weighted by molar-refractivity contribution is -0.384. The number of carbonyl (C=O) groups is 2. The van der Waals surface area contributed by atoms with Gasteiger partial charge in [0.25, 0.3) is 5.69 Å². The predicted molar refractivity (Wildman–Crippen MR) is 84.8 cm³/mol. The van der Waals surface area contributed by atoms with Crippen LogP contribution in [0.15, 0.2) is 24.3 Å². The molecule has 0 spiro atoms. The third kappa shape index (κ3) is 4.14. The smallest absolute Gasteiger partial charge is 0.429 e. The first-order chi connectivity index (χ1) is 10.8. The van der Waals surface area contributed by atoms with Crippen LogP contribution in [0.3, 0.4) is 0 Å². The summed E-state index contributed by atoms with van der Waals surface area (Å²) < 4.78 is 8.79. The molecule has 0 bridgehead atoms. The number of nitrogens with zero attached hydrogens (tertiary/aromatic N) is 1. The molecule has 1 unspecified atom stereocenters. The van der Waals surface area contributed by atoms with E-state index in [9.17, 15) is 24.8 Å². The second-order valence-electron chi connectivity index (χ2n) is 4.80. The first-order valence-corrected chi connectivity index (χ1v) is 7.81. The molecule has 10 heteroatoms. The zero-order chi connectivity index (χ0) is 17.0. The molecule has 1 aromatic rings. The van der Waals surface area contributed by atoms with E-state index < -0.39 is 26.7 Å². The van der Waals surface area contributed by atoms with Crippen LogP contribution in [0.2, 0.25) is 0 Å². The molecule has 0 aliphatic carbocycles. The van der Waals surface area contributed by atoms with Crippen molar-refractivity contribution < 1.29 is 29.1 Å². The highest BCUT2D eigenvalue weighted by Gasteiger charge is 2.48. The molecule has 2 N–H and O–H groups in total. The van der Waals surface area contributed by atoms with Crippen LogP contribution >= 0.6 is 22.6 Å². The minimum atomic E-state index is -1.91. The highest BCUT2D eigenvalue weighted by molar-refractivity contribution is 14.1. The number of carbonyl (C=O) groups excluding carboxylic acids is 2. The lowest BCUT2D eigenvalue weighted by atomic mass is 10.2. The normalized spacial score (nSPS) is 23.3. The third-order valence-electron chi connectivity index (χ3n) is 3.24. The van der Waals surface area contributed by atoms with Crippen molar-refractivity contribution in [2.45, 2.75) is 22.7 Å². The maximum absolute atomic E-state index is 11.8. The Balaban J connectivity index is 1.85. The standard InChI is InChI=1S/C13H13IN2O7/c14-10-5-6-15-13(10,19)11(17)23-12(18)22-7-8-1-3-9(4-2-8)16(20)21/h1-4,10,15,19H,5-7H2/t10?,13-/m1/s1. The molecule has 124 valence electrons. The molecule has 2 rings (SSSR count). The molecule has 1 fully saturated rings. The van der Waals surface area contributed by atoms with Crippen molar-refractivity contribution in [2.24, 2.45) is 0 Å². The van der Waals surface area contributed by atoms with Crippen LogP contribution in [0.5, 0.6) is 0 Å². The number of alkyl halides is 1. The maximum atomic E-state index is 11.8. The van der Waals surface area contributed by atoms with Crippen LogP contribution in [-0.2, 0) is 20.9 Å². The molecule has 23 heavy (non-hydrogen) atoms. The number of aliphatic hydroxyl groups is 1. The van der Waals surface area contributed by atoms with Crippen LogP contribution in [0.25, 0.3) is 0 Å². The molecule has 0 amide bonds. The Morgan fingerprint density at radius 2 is 2.09 bits per heavy atom. The molecule has 0 radical (unpaired) electrons. The second kappa shape index (κ2) is 7.19. The molecule has 1 aromatic carbocycles. The number of esters is 1. The molecule has 1 heterocycles. The van der Waals surface area contributed by atoms with Gasteiger partial charge in [-0.3, -0.25) is 15.4 Å². The summed E-state index contributed by atoms with van der Waals surface area (Å²) in [5.41, 5.74) is -1.51. The topological polar surface area (TPSA) is 128 Å². The van der Waals surface area contributed by atoms with Crippen molar-refractivity contribution in [3.8, 4) is 0 Å². The van der Waals surface area contributed by atoms with Gasteiger partial charge in [-0.05, 0) is 30.7 Å². The fourth-order valence-corrected chi connectivity index (χ4v) is 2.73. The minimum Gasteiger partial charge on any atom is -0.429 e. The Labute approximate surface area is 144 Å². The van der Waals surface area contributed by atoms with Gasteiger partial charge < -0.3 is 14.6 Å². The van der Waals surface area contributed by atoms with E-state index in [1.807, 2.05) is 22.6 Å². The van der Waals surface area contributed by atoms with Crippen molar-refractivity contribution >= 4 is 40.4 Å². The van der Waals surface area contributed by atoms with Gasteiger partial charge in [0.1, 0.15) is 6.61 Å². The van der Waals surface area contributed by atoms with E-state index in [4.69, 9.17) is 4.74 Å². The quantitative estimate of drug-likeness (QED) is 0.180. The molecular weight excluding hydrogens is 423 g/mol. The first kappa shape index (κ1) is 17.6. The van der Waals surface area contributed by atoms with Crippen LogP contribution in [0.1, 0.15) is 12.0 Å². The van der Waals surface area contributed by atoms with E-state index >= 15 is 0 Å². The number of hydrogen-bond donors (Lipinski definition) is 2. The number of non-ortho nitro benzene ring substituents is 1. The van der Waals surface area contributed by atoms with Gasteiger partial charge in [-0.2, -0.15) is 0 Å². The van der Waals surface area contributed by atoms with Crippen molar-refractivity contribution in [3.05, 3.63) is 39.9 Å². The Morgan fingerprint density at radius 1 is 1.43 bits per heavy atom. The van der Waals surface area contributed by atoms with Crippen molar-refractivity contribution in [2.75, 3.05) is 6.54 Å². The van der Waals surface area contributed by atoms with Gasteiger partial charge >= 0.3 is 12.1 Å². The van der Waals surface area contributed by atoms with Gasteiger partial charge in [-0.25, -0.2) is 9.59 Å². The zero-order valence-corrected chi connectivity index (χ0v) is 13.9. The van der Waals surface area contributed by atoms with E-state index in [0.717, 1.165) is 0 Å². The van der Waals surface area contributed by atoms with Crippen LogP contribution in [-0.4, -0.2) is 38.3 Å². The van der Waals surface area contributed by atoms with Gasteiger partial charge in [0.2, 0.25) is 5.72 Å². The van der Waals surface area contributed by atoms with E-state index in [-0.39, 0.29) is 12.3 Å². The highest BCUT2D eigenvalue weighted by Crippen LogP contribution is 2.26. The second-order valence-corrected chi connectivity index (χ2v) is 6.30. The summed E-state index contributed by atoms with van der Waals surface area (Å²) in [6.07, 6.45) is -0.691. The lowest BCUT2D eigenvalue weighted by Crippen LogP contribution is -2.54. The highest BCUT2D eigenvalue weighted by atomic mass is 127. The molecule has 1 aliphatic rings. The number of halogens is 1. The summed E-state index contributed by atoms with van der Waals surface area (Å²) in [6.45, 7) is 0.209. The van der Waals surface area contributed by atoms with Crippen LogP contribution < -0.4 is 5.32 Å².